The first kappa shape index (κ1) is 13.1. The maximum atomic E-state index is 13.4. The number of Topliss-reactive ketones (excluding diaryl/α,β-unsaturated/α-hetero) is 1. The molecule has 1 aromatic carbocycles. The van der Waals surface area contributed by atoms with Crippen LogP contribution in [-0.4, -0.2) is 18.9 Å². The number of carbonyl (C=O) groups is 1. The second kappa shape index (κ2) is 5.52. The molecule has 18 heavy (non-hydrogen) atoms. The smallest absolute Gasteiger partial charge is 0.195 e. The van der Waals surface area contributed by atoms with E-state index in [-0.39, 0.29) is 17.9 Å². The first-order valence-electron chi connectivity index (χ1n) is 5.97. The van der Waals surface area contributed by atoms with E-state index in [1.807, 2.05) is 0 Å². The number of benzene rings is 1. The number of ketones is 1. The van der Waals surface area contributed by atoms with Crippen LogP contribution in [0, 0.1) is 23.4 Å². The zero-order valence-electron chi connectivity index (χ0n) is 9.81. The lowest BCUT2D eigenvalue weighted by Gasteiger charge is -2.21. The first-order chi connectivity index (χ1) is 8.59. The Morgan fingerprint density at radius 1 is 1.17 bits per heavy atom. The molecule has 0 atom stereocenters. The number of hydrogen-bond donors (Lipinski definition) is 1. The highest BCUT2D eigenvalue weighted by Crippen LogP contribution is 2.22. The number of piperidine rings is 1. The van der Waals surface area contributed by atoms with E-state index in [4.69, 9.17) is 0 Å². The molecule has 1 saturated heterocycles. The average molecular weight is 257 g/mol. The van der Waals surface area contributed by atoms with Crippen LogP contribution < -0.4 is 5.32 Å². The van der Waals surface area contributed by atoms with Crippen LogP contribution in [0.3, 0.4) is 0 Å². The van der Waals surface area contributed by atoms with Gasteiger partial charge in [0, 0.05) is 6.42 Å². The van der Waals surface area contributed by atoms with Gasteiger partial charge in [0.1, 0.15) is 0 Å². The topological polar surface area (TPSA) is 29.1 Å². The fourth-order valence-electron chi connectivity index (χ4n) is 2.20. The predicted molar refractivity (Wildman–Crippen MR) is 60.9 cm³/mol. The fourth-order valence-corrected chi connectivity index (χ4v) is 2.20. The number of hydrogen-bond acceptors (Lipinski definition) is 2. The molecular weight excluding hydrogens is 243 g/mol. The second-order valence-corrected chi connectivity index (χ2v) is 4.54. The lowest BCUT2D eigenvalue weighted by atomic mass is 9.90. The van der Waals surface area contributed by atoms with E-state index >= 15 is 0 Å². The summed E-state index contributed by atoms with van der Waals surface area (Å²) in [5.74, 6) is -4.50. The van der Waals surface area contributed by atoms with Crippen molar-refractivity contribution in [2.24, 2.45) is 5.92 Å². The van der Waals surface area contributed by atoms with E-state index < -0.39 is 23.2 Å². The van der Waals surface area contributed by atoms with E-state index in [0.717, 1.165) is 38.1 Å². The van der Waals surface area contributed by atoms with Crippen LogP contribution in [0.15, 0.2) is 12.1 Å². The Kier molecular flexibility index (Phi) is 4.01. The minimum Gasteiger partial charge on any atom is -0.317 e. The van der Waals surface area contributed by atoms with Gasteiger partial charge in [-0.2, -0.15) is 0 Å². The summed E-state index contributed by atoms with van der Waals surface area (Å²) in [7, 11) is 0. The summed E-state index contributed by atoms with van der Waals surface area (Å²) >= 11 is 0. The van der Waals surface area contributed by atoms with Crippen LogP contribution >= 0.6 is 0 Å². The lowest BCUT2D eigenvalue weighted by molar-refractivity contribution is 0.0947. The van der Waals surface area contributed by atoms with E-state index in [1.165, 1.54) is 0 Å². The van der Waals surface area contributed by atoms with Crippen molar-refractivity contribution in [2.75, 3.05) is 13.1 Å². The molecule has 2 nitrogen and oxygen atoms in total. The monoisotopic (exact) mass is 257 g/mol. The molecule has 98 valence electrons. The molecule has 0 saturated carbocycles. The summed E-state index contributed by atoms with van der Waals surface area (Å²) in [6.07, 6.45) is 1.87. The van der Waals surface area contributed by atoms with Crippen molar-refractivity contribution >= 4 is 5.78 Å². The molecule has 0 spiro atoms. The van der Waals surface area contributed by atoms with Gasteiger partial charge in [-0.1, -0.05) is 0 Å². The van der Waals surface area contributed by atoms with Gasteiger partial charge in [0.2, 0.25) is 0 Å². The molecule has 1 aromatic rings. The van der Waals surface area contributed by atoms with Gasteiger partial charge in [-0.3, -0.25) is 4.79 Å². The van der Waals surface area contributed by atoms with Crippen LogP contribution in [-0.2, 0) is 0 Å². The van der Waals surface area contributed by atoms with Crippen molar-refractivity contribution < 1.29 is 18.0 Å². The molecule has 5 heteroatoms. The standard InChI is InChI=1S/C13H14F3NO/c14-10-2-1-9(12(15)13(10)16)11(18)7-8-3-5-17-6-4-8/h1-2,8,17H,3-7H2. The third-order valence-electron chi connectivity index (χ3n) is 3.27. The van der Waals surface area contributed by atoms with E-state index in [0.29, 0.717) is 0 Å². The van der Waals surface area contributed by atoms with Gasteiger partial charge in [-0.05, 0) is 44.0 Å². The summed E-state index contributed by atoms with van der Waals surface area (Å²) in [6.45, 7) is 1.66. The van der Waals surface area contributed by atoms with Crippen molar-refractivity contribution in [1.29, 1.82) is 0 Å². The molecule has 0 unspecified atom stereocenters. The summed E-state index contributed by atoms with van der Waals surface area (Å²) in [4.78, 5) is 11.8. The predicted octanol–water partition coefficient (Wildman–Crippen LogP) is 2.68. The molecule has 0 aliphatic carbocycles. The summed E-state index contributed by atoms with van der Waals surface area (Å²) in [5.41, 5.74) is -0.354. The Hall–Kier alpha value is -1.36. The van der Waals surface area contributed by atoms with Crippen LogP contribution in [0.4, 0.5) is 13.2 Å². The Morgan fingerprint density at radius 3 is 2.50 bits per heavy atom. The third kappa shape index (κ3) is 2.72. The number of rotatable bonds is 3. The van der Waals surface area contributed by atoms with E-state index in [1.54, 1.807) is 0 Å². The van der Waals surface area contributed by atoms with E-state index in [2.05, 4.69) is 5.32 Å². The number of carbonyl (C=O) groups excluding carboxylic acids is 1. The fraction of sp³-hybridized carbons (Fsp3) is 0.462. The van der Waals surface area contributed by atoms with Crippen molar-refractivity contribution in [3.8, 4) is 0 Å². The highest BCUT2D eigenvalue weighted by Gasteiger charge is 2.22. The third-order valence-corrected chi connectivity index (χ3v) is 3.27. The molecule has 0 bridgehead atoms. The zero-order valence-corrected chi connectivity index (χ0v) is 9.81. The largest absolute Gasteiger partial charge is 0.317 e. The maximum absolute atomic E-state index is 13.4. The summed E-state index contributed by atoms with van der Waals surface area (Å²) in [6, 6.07) is 1.80. The van der Waals surface area contributed by atoms with Crippen LogP contribution in [0.5, 0.6) is 0 Å². The van der Waals surface area contributed by atoms with Crippen molar-refractivity contribution in [1.82, 2.24) is 5.32 Å². The molecule has 0 radical (unpaired) electrons. The van der Waals surface area contributed by atoms with Crippen LogP contribution in [0.2, 0.25) is 0 Å². The second-order valence-electron chi connectivity index (χ2n) is 4.54. The minimum absolute atomic E-state index is 0.184. The van der Waals surface area contributed by atoms with Gasteiger partial charge in [0.15, 0.2) is 23.2 Å². The van der Waals surface area contributed by atoms with Gasteiger partial charge >= 0.3 is 0 Å². The Labute approximate surface area is 103 Å². The van der Waals surface area contributed by atoms with Crippen molar-refractivity contribution in [2.45, 2.75) is 19.3 Å². The Morgan fingerprint density at radius 2 is 1.83 bits per heavy atom. The highest BCUT2D eigenvalue weighted by molar-refractivity contribution is 5.96. The normalized spacial score (nSPS) is 16.8. The quantitative estimate of drug-likeness (QED) is 0.666. The summed E-state index contributed by atoms with van der Waals surface area (Å²) < 4.78 is 39.2. The minimum atomic E-state index is -1.58. The molecule has 1 N–H and O–H groups in total. The first-order valence-corrected chi connectivity index (χ1v) is 5.97. The lowest BCUT2D eigenvalue weighted by Crippen LogP contribution is -2.29. The molecule has 1 heterocycles. The van der Waals surface area contributed by atoms with E-state index in [9.17, 15) is 18.0 Å². The SMILES string of the molecule is O=C(CC1CCNCC1)c1ccc(F)c(F)c1F. The number of nitrogens with one attached hydrogen (secondary N) is 1. The molecule has 0 aromatic heterocycles. The zero-order chi connectivity index (χ0) is 13.1. The van der Waals surface area contributed by atoms with Gasteiger partial charge in [0.05, 0.1) is 5.56 Å². The summed E-state index contributed by atoms with van der Waals surface area (Å²) in [5, 5.41) is 3.16. The molecule has 2 rings (SSSR count). The molecule has 1 fully saturated rings. The van der Waals surface area contributed by atoms with Crippen molar-refractivity contribution in [3.05, 3.63) is 35.1 Å². The number of halogens is 3. The van der Waals surface area contributed by atoms with Gasteiger partial charge < -0.3 is 5.32 Å². The van der Waals surface area contributed by atoms with Gasteiger partial charge in [-0.25, -0.2) is 13.2 Å². The average Bonchev–Trinajstić information content (AvgIpc) is 2.37. The Balaban J connectivity index is 2.11. The van der Waals surface area contributed by atoms with Gasteiger partial charge in [0.25, 0.3) is 0 Å². The maximum Gasteiger partial charge on any atom is 0.195 e. The van der Waals surface area contributed by atoms with Gasteiger partial charge in [-0.15, -0.1) is 0 Å². The molecule has 0 amide bonds. The molecule has 1 aliphatic heterocycles. The molecule has 1 aliphatic rings. The highest BCUT2D eigenvalue weighted by atomic mass is 19.2. The Bertz CT molecular complexity index is 456. The van der Waals surface area contributed by atoms with Crippen LogP contribution in [0.1, 0.15) is 29.6 Å². The van der Waals surface area contributed by atoms with Crippen molar-refractivity contribution in [3.63, 3.8) is 0 Å². The molecular formula is C13H14F3NO. The van der Waals surface area contributed by atoms with Crippen LogP contribution in [0.25, 0.3) is 0 Å².